The summed E-state index contributed by atoms with van der Waals surface area (Å²) in [5, 5.41) is 19.4. The molecule has 0 spiro atoms. The van der Waals surface area contributed by atoms with E-state index in [0.717, 1.165) is 16.8 Å². The number of pyridine rings is 1. The molecule has 0 fully saturated rings. The average molecular weight is 351 g/mol. The van der Waals surface area contributed by atoms with Crippen LogP contribution >= 0.6 is 11.6 Å². The van der Waals surface area contributed by atoms with Crippen molar-refractivity contribution in [2.45, 2.75) is 13.0 Å². The van der Waals surface area contributed by atoms with Crippen molar-refractivity contribution < 1.29 is 9.84 Å². The number of hydrogen-bond acceptors (Lipinski definition) is 4. The Bertz CT molecular complexity index is 975. The van der Waals surface area contributed by atoms with Crippen LogP contribution in [0.3, 0.4) is 0 Å². The number of nitrogens with zero attached hydrogens (tertiary/aromatic N) is 2. The summed E-state index contributed by atoms with van der Waals surface area (Å²) >= 11 is 6.07. The van der Waals surface area contributed by atoms with Crippen molar-refractivity contribution in [2.24, 2.45) is 0 Å². The van der Waals surface area contributed by atoms with Crippen LogP contribution in [0.1, 0.15) is 18.2 Å². The molecule has 0 bridgehead atoms. The SMILES string of the molecule is CC(C#N)Oc1ccc(C=Cc2ccc3c(Cl)c(O)ccc3n2)cc1. The maximum atomic E-state index is 9.63. The van der Waals surface area contributed by atoms with Crippen LogP contribution in [0.25, 0.3) is 23.1 Å². The first-order valence-electron chi connectivity index (χ1n) is 7.69. The van der Waals surface area contributed by atoms with Crippen LogP contribution in [0.5, 0.6) is 11.5 Å². The largest absolute Gasteiger partial charge is 0.506 e. The maximum absolute atomic E-state index is 9.63. The van der Waals surface area contributed by atoms with Gasteiger partial charge >= 0.3 is 0 Å². The van der Waals surface area contributed by atoms with Crippen LogP contribution in [0.4, 0.5) is 0 Å². The standard InChI is InChI=1S/C20H15ClN2O2/c1-13(12-22)25-16-7-3-14(4-8-16)2-5-15-6-9-17-18(23-15)10-11-19(24)20(17)21/h2-11,13,24H,1H3. The molecule has 0 saturated heterocycles. The van der Waals surface area contributed by atoms with E-state index in [0.29, 0.717) is 16.2 Å². The lowest BCUT2D eigenvalue weighted by atomic mass is 10.1. The molecule has 0 amide bonds. The minimum absolute atomic E-state index is 0.0484. The number of hydrogen-bond donors (Lipinski definition) is 1. The molecule has 0 saturated carbocycles. The number of ether oxygens (including phenoxy) is 1. The summed E-state index contributed by atoms with van der Waals surface area (Å²) in [7, 11) is 0. The number of halogens is 1. The Labute approximate surface area is 150 Å². The molecule has 5 heteroatoms. The van der Waals surface area contributed by atoms with E-state index in [1.54, 1.807) is 13.0 Å². The highest BCUT2D eigenvalue weighted by Crippen LogP contribution is 2.31. The Morgan fingerprint density at radius 2 is 1.88 bits per heavy atom. The summed E-state index contributed by atoms with van der Waals surface area (Å²) < 4.78 is 5.42. The Balaban J connectivity index is 1.79. The summed E-state index contributed by atoms with van der Waals surface area (Å²) in [5.41, 5.74) is 2.49. The fourth-order valence-electron chi connectivity index (χ4n) is 2.33. The lowest BCUT2D eigenvalue weighted by Gasteiger charge is -2.07. The van der Waals surface area contributed by atoms with Crippen LogP contribution in [-0.4, -0.2) is 16.2 Å². The van der Waals surface area contributed by atoms with Crippen LogP contribution in [-0.2, 0) is 0 Å². The van der Waals surface area contributed by atoms with E-state index < -0.39 is 6.10 Å². The molecule has 25 heavy (non-hydrogen) atoms. The topological polar surface area (TPSA) is 66.1 Å². The molecule has 4 nitrogen and oxygen atoms in total. The van der Waals surface area contributed by atoms with Gasteiger partial charge in [-0.3, -0.25) is 0 Å². The highest BCUT2D eigenvalue weighted by molar-refractivity contribution is 6.36. The molecule has 1 unspecified atom stereocenters. The summed E-state index contributed by atoms with van der Waals surface area (Å²) in [6.45, 7) is 1.70. The van der Waals surface area contributed by atoms with E-state index in [1.807, 2.05) is 54.6 Å². The van der Waals surface area contributed by atoms with Crippen molar-refractivity contribution in [1.82, 2.24) is 4.98 Å². The molecule has 1 N–H and O–H groups in total. The maximum Gasteiger partial charge on any atom is 0.181 e. The second-order valence-electron chi connectivity index (χ2n) is 5.49. The van der Waals surface area contributed by atoms with Gasteiger partial charge in [0.1, 0.15) is 17.6 Å². The molecule has 0 aliphatic heterocycles. The van der Waals surface area contributed by atoms with Gasteiger partial charge in [-0.15, -0.1) is 0 Å². The molecule has 2 aromatic carbocycles. The fraction of sp³-hybridized carbons (Fsp3) is 0.100. The first-order chi connectivity index (χ1) is 12.1. The quantitative estimate of drug-likeness (QED) is 0.714. The van der Waals surface area contributed by atoms with Gasteiger partial charge in [0.15, 0.2) is 6.10 Å². The Morgan fingerprint density at radius 1 is 1.12 bits per heavy atom. The second-order valence-corrected chi connectivity index (χ2v) is 5.87. The van der Waals surface area contributed by atoms with E-state index in [1.165, 1.54) is 6.07 Å². The summed E-state index contributed by atoms with van der Waals surface area (Å²) in [6.07, 6.45) is 3.36. The molecule has 1 atom stereocenters. The lowest BCUT2D eigenvalue weighted by Crippen LogP contribution is -2.07. The normalized spacial score (nSPS) is 12.2. The number of benzene rings is 2. The molecule has 3 rings (SSSR count). The molecule has 0 aliphatic rings. The van der Waals surface area contributed by atoms with Gasteiger partial charge in [0.25, 0.3) is 0 Å². The number of aromatic nitrogens is 1. The third kappa shape index (κ3) is 3.90. The van der Waals surface area contributed by atoms with Crippen molar-refractivity contribution in [1.29, 1.82) is 5.26 Å². The van der Waals surface area contributed by atoms with E-state index in [9.17, 15) is 5.11 Å². The van der Waals surface area contributed by atoms with Crippen LogP contribution < -0.4 is 4.74 Å². The van der Waals surface area contributed by atoms with Gasteiger partial charge in [-0.05, 0) is 55.0 Å². The number of phenols is 1. The van der Waals surface area contributed by atoms with Crippen molar-refractivity contribution in [3.8, 4) is 17.6 Å². The Hall–Kier alpha value is -3.03. The molecule has 0 radical (unpaired) electrons. The van der Waals surface area contributed by atoms with Crippen molar-refractivity contribution in [2.75, 3.05) is 0 Å². The molecule has 124 valence electrons. The van der Waals surface area contributed by atoms with Crippen molar-refractivity contribution in [3.05, 3.63) is 64.8 Å². The van der Waals surface area contributed by atoms with Gasteiger partial charge in [0.2, 0.25) is 0 Å². The first-order valence-corrected chi connectivity index (χ1v) is 8.07. The zero-order chi connectivity index (χ0) is 17.8. The third-order valence-corrected chi connectivity index (χ3v) is 4.03. The molecular formula is C20H15ClN2O2. The van der Waals surface area contributed by atoms with Gasteiger partial charge < -0.3 is 9.84 Å². The van der Waals surface area contributed by atoms with E-state index in [4.69, 9.17) is 21.6 Å². The van der Waals surface area contributed by atoms with Crippen LogP contribution in [0, 0.1) is 11.3 Å². The lowest BCUT2D eigenvalue weighted by molar-refractivity contribution is 0.276. The summed E-state index contributed by atoms with van der Waals surface area (Å²) in [5.74, 6) is 0.705. The number of phenolic OH excluding ortho intramolecular Hbond substituents is 1. The van der Waals surface area contributed by atoms with Gasteiger partial charge in [-0.25, -0.2) is 4.98 Å². The van der Waals surface area contributed by atoms with Crippen LogP contribution in [0.15, 0.2) is 48.5 Å². The Kier molecular flexibility index (Phi) is 4.87. The highest BCUT2D eigenvalue weighted by Gasteiger charge is 2.05. The summed E-state index contributed by atoms with van der Waals surface area (Å²) in [6, 6.07) is 16.4. The van der Waals surface area contributed by atoms with Crippen molar-refractivity contribution in [3.63, 3.8) is 0 Å². The molecule has 0 aliphatic carbocycles. The second kappa shape index (κ2) is 7.25. The number of fused-ring (bicyclic) bond motifs is 1. The van der Waals surface area contributed by atoms with E-state index in [-0.39, 0.29) is 5.75 Å². The minimum atomic E-state index is -0.477. The molecular weight excluding hydrogens is 336 g/mol. The zero-order valence-corrected chi connectivity index (χ0v) is 14.2. The number of nitriles is 1. The van der Waals surface area contributed by atoms with Gasteiger partial charge in [0.05, 0.1) is 16.2 Å². The zero-order valence-electron chi connectivity index (χ0n) is 13.5. The van der Waals surface area contributed by atoms with Gasteiger partial charge in [-0.2, -0.15) is 5.26 Å². The highest BCUT2D eigenvalue weighted by atomic mass is 35.5. The molecule has 1 heterocycles. The van der Waals surface area contributed by atoms with Crippen LogP contribution in [0.2, 0.25) is 5.02 Å². The predicted molar refractivity (Wildman–Crippen MR) is 99.5 cm³/mol. The van der Waals surface area contributed by atoms with Gasteiger partial charge in [-0.1, -0.05) is 29.8 Å². The number of rotatable bonds is 4. The van der Waals surface area contributed by atoms with Gasteiger partial charge in [0, 0.05) is 5.39 Å². The minimum Gasteiger partial charge on any atom is -0.506 e. The first kappa shape index (κ1) is 16.8. The van der Waals surface area contributed by atoms with E-state index >= 15 is 0 Å². The monoisotopic (exact) mass is 350 g/mol. The third-order valence-electron chi connectivity index (χ3n) is 3.63. The average Bonchev–Trinajstić information content (AvgIpc) is 2.64. The molecule has 3 aromatic rings. The summed E-state index contributed by atoms with van der Waals surface area (Å²) in [4.78, 5) is 4.52. The Morgan fingerprint density at radius 3 is 2.60 bits per heavy atom. The number of aromatic hydroxyl groups is 1. The fourth-order valence-corrected chi connectivity index (χ4v) is 2.56. The smallest absolute Gasteiger partial charge is 0.181 e. The van der Waals surface area contributed by atoms with Crippen molar-refractivity contribution >= 4 is 34.7 Å². The van der Waals surface area contributed by atoms with E-state index in [2.05, 4.69) is 4.98 Å². The molecule has 1 aromatic heterocycles. The predicted octanol–water partition coefficient (Wildman–Crippen LogP) is 5.06.